The summed E-state index contributed by atoms with van der Waals surface area (Å²) in [6, 6.07) is 7.58. The van der Waals surface area contributed by atoms with Crippen molar-refractivity contribution in [2.24, 2.45) is 0 Å². The third-order valence-corrected chi connectivity index (χ3v) is 2.51. The van der Waals surface area contributed by atoms with Crippen LogP contribution in [-0.4, -0.2) is 16.5 Å². The molecular weight excluding hydrogens is 270 g/mol. The van der Waals surface area contributed by atoms with Crippen LogP contribution < -0.4 is 14.8 Å². The van der Waals surface area contributed by atoms with Gasteiger partial charge in [-0.05, 0) is 18.2 Å². The van der Waals surface area contributed by atoms with Gasteiger partial charge in [0.1, 0.15) is 6.07 Å². The SMILES string of the molecule is N#Cc1ccnnc1Nc1ccc2c(c1)OC(F)(F)O2. The molecule has 1 aromatic heterocycles. The van der Waals surface area contributed by atoms with Crippen molar-refractivity contribution in [2.45, 2.75) is 6.29 Å². The van der Waals surface area contributed by atoms with Gasteiger partial charge in [-0.3, -0.25) is 0 Å². The maximum absolute atomic E-state index is 12.9. The first kappa shape index (κ1) is 12.1. The number of ether oxygens (including phenoxy) is 2. The van der Waals surface area contributed by atoms with E-state index in [0.29, 0.717) is 5.69 Å². The van der Waals surface area contributed by atoms with Crippen LogP contribution in [0.2, 0.25) is 0 Å². The lowest BCUT2D eigenvalue weighted by molar-refractivity contribution is -0.286. The molecule has 20 heavy (non-hydrogen) atoms. The van der Waals surface area contributed by atoms with Gasteiger partial charge in [0.05, 0.1) is 11.8 Å². The Labute approximate surface area is 111 Å². The van der Waals surface area contributed by atoms with E-state index >= 15 is 0 Å². The summed E-state index contributed by atoms with van der Waals surface area (Å²) in [6.07, 6.45) is -2.28. The molecule has 1 N–H and O–H groups in total. The van der Waals surface area contributed by atoms with Crippen molar-refractivity contribution in [1.82, 2.24) is 10.2 Å². The van der Waals surface area contributed by atoms with Gasteiger partial charge >= 0.3 is 6.29 Å². The number of anilines is 2. The normalized spacial score (nSPS) is 14.7. The molecule has 0 spiro atoms. The second-order valence-corrected chi connectivity index (χ2v) is 3.86. The summed E-state index contributed by atoms with van der Waals surface area (Å²) in [7, 11) is 0. The summed E-state index contributed by atoms with van der Waals surface area (Å²) in [5, 5.41) is 19.1. The minimum absolute atomic E-state index is 0.0554. The van der Waals surface area contributed by atoms with E-state index in [2.05, 4.69) is 25.0 Å². The molecule has 1 aliphatic heterocycles. The van der Waals surface area contributed by atoms with Gasteiger partial charge in [0.25, 0.3) is 0 Å². The smallest absolute Gasteiger partial charge is 0.395 e. The molecule has 3 rings (SSSR count). The third kappa shape index (κ3) is 2.16. The fraction of sp³-hybridized carbons (Fsp3) is 0.0833. The minimum Gasteiger partial charge on any atom is -0.395 e. The second kappa shape index (κ2) is 4.31. The van der Waals surface area contributed by atoms with Gasteiger partial charge in [0.2, 0.25) is 0 Å². The van der Waals surface area contributed by atoms with Crippen molar-refractivity contribution in [2.75, 3.05) is 5.32 Å². The van der Waals surface area contributed by atoms with E-state index < -0.39 is 6.29 Å². The van der Waals surface area contributed by atoms with Gasteiger partial charge in [-0.15, -0.1) is 13.9 Å². The monoisotopic (exact) mass is 276 g/mol. The largest absolute Gasteiger partial charge is 0.586 e. The number of hydrogen-bond acceptors (Lipinski definition) is 6. The van der Waals surface area contributed by atoms with Crippen molar-refractivity contribution < 1.29 is 18.3 Å². The Morgan fingerprint density at radius 2 is 2.00 bits per heavy atom. The summed E-state index contributed by atoms with van der Waals surface area (Å²) in [5.74, 6) is 0.0724. The summed E-state index contributed by atoms with van der Waals surface area (Å²) < 4.78 is 34.4. The second-order valence-electron chi connectivity index (χ2n) is 3.86. The van der Waals surface area contributed by atoms with Gasteiger partial charge in [-0.1, -0.05) is 0 Å². The zero-order chi connectivity index (χ0) is 14.2. The first-order chi connectivity index (χ1) is 9.57. The zero-order valence-electron chi connectivity index (χ0n) is 9.80. The van der Waals surface area contributed by atoms with Crippen molar-refractivity contribution >= 4 is 11.5 Å². The first-order valence-corrected chi connectivity index (χ1v) is 5.46. The Hall–Kier alpha value is -2.95. The fourth-order valence-electron chi connectivity index (χ4n) is 1.68. The van der Waals surface area contributed by atoms with Gasteiger partial charge in [0, 0.05) is 11.8 Å². The lowest BCUT2D eigenvalue weighted by Crippen LogP contribution is -2.25. The predicted molar refractivity (Wildman–Crippen MR) is 62.7 cm³/mol. The average molecular weight is 276 g/mol. The molecule has 0 amide bonds. The molecule has 2 heterocycles. The summed E-state index contributed by atoms with van der Waals surface area (Å²) in [4.78, 5) is 0. The summed E-state index contributed by atoms with van der Waals surface area (Å²) in [5.41, 5.74) is 0.699. The molecule has 2 aromatic rings. The molecular formula is C12H6F2N4O2. The van der Waals surface area contributed by atoms with Crippen LogP contribution in [-0.2, 0) is 0 Å². The quantitative estimate of drug-likeness (QED) is 0.907. The lowest BCUT2D eigenvalue weighted by atomic mass is 10.2. The van der Waals surface area contributed by atoms with Crippen LogP contribution in [0, 0.1) is 11.3 Å². The number of nitriles is 1. The van der Waals surface area contributed by atoms with E-state index in [9.17, 15) is 8.78 Å². The van der Waals surface area contributed by atoms with Gasteiger partial charge in [0.15, 0.2) is 17.3 Å². The Morgan fingerprint density at radius 3 is 2.80 bits per heavy atom. The van der Waals surface area contributed by atoms with Crippen LogP contribution in [0.15, 0.2) is 30.5 Å². The molecule has 0 saturated carbocycles. The number of benzene rings is 1. The Bertz CT molecular complexity index is 715. The molecule has 0 bridgehead atoms. The number of fused-ring (bicyclic) bond motifs is 1. The van der Waals surface area contributed by atoms with Crippen LogP contribution in [0.25, 0.3) is 0 Å². The van der Waals surface area contributed by atoms with E-state index in [1.54, 1.807) is 0 Å². The van der Waals surface area contributed by atoms with Crippen LogP contribution in [0.5, 0.6) is 11.5 Å². The molecule has 0 aliphatic carbocycles. The fourth-order valence-corrected chi connectivity index (χ4v) is 1.68. The number of aromatic nitrogens is 2. The highest BCUT2D eigenvalue weighted by atomic mass is 19.3. The van der Waals surface area contributed by atoms with Crippen molar-refractivity contribution in [3.05, 3.63) is 36.0 Å². The van der Waals surface area contributed by atoms with Crippen molar-refractivity contribution in [3.8, 4) is 17.6 Å². The number of nitrogens with one attached hydrogen (secondary N) is 1. The maximum Gasteiger partial charge on any atom is 0.586 e. The Kier molecular flexibility index (Phi) is 2.61. The van der Waals surface area contributed by atoms with Crippen LogP contribution >= 0.6 is 0 Å². The molecule has 6 nitrogen and oxygen atoms in total. The first-order valence-electron chi connectivity index (χ1n) is 5.46. The van der Waals surface area contributed by atoms with E-state index in [4.69, 9.17) is 5.26 Å². The average Bonchev–Trinajstić information content (AvgIpc) is 2.72. The number of halogens is 2. The van der Waals surface area contributed by atoms with E-state index in [1.807, 2.05) is 6.07 Å². The molecule has 100 valence electrons. The zero-order valence-corrected chi connectivity index (χ0v) is 9.80. The summed E-state index contributed by atoms with van der Waals surface area (Å²) in [6.45, 7) is 0. The molecule has 1 aromatic carbocycles. The molecule has 1 aliphatic rings. The van der Waals surface area contributed by atoms with Gasteiger partial charge in [-0.25, -0.2) is 0 Å². The van der Waals surface area contributed by atoms with E-state index in [0.717, 1.165) is 0 Å². The van der Waals surface area contributed by atoms with Crippen molar-refractivity contribution in [3.63, 3.8) is 0 Å². The lowest BCUT2D eigenvalue weighted by Gasteiger charge is -2.06. The van der Waals surface area contributed by atoms with Crippen LogP contribution in [0.3, 0.4) is 0 Å². The molecule has 0 atom stereocenters. The van der Waals surface area contributed by atoms with Gasteiger partial charge < -0.3 is 14.8 Å². The van der Waals surface area contributed by atoms with Crippen LogP contribution in [0.1, 0.15) is 5.56 Å². The Balaban J connectivity index is 1.89. The molecule has 0 fully saturated rings. The Morgan fingerprint density at radius 1 is 1.20 bits per heavy atom. The predicted octanol–water partition coefficient (Wildman–Crippen LogP) is 2.41. The molecule has 0 saturated heterocycles. The minimum atomic E-state index is -3.66. The third-order valence-electron chi connectivity index (χ3n) is 2.51. The highest BCUT2D eigenvalue weighted by Crippen LogP contribution is 2.42. The van der Waals surface area contributed by atoms with Crippen molar-refractivity contribution in [1.29, 1.82) is 5.26 Å². The van der Waals surface area contributed by atoms with Crippen LogP contribution in [0.4, 0.5) is 20.3 Å². The number of hydrogen-bond donors (Lipinski definition) is 1. The number of alkyl halides is 2. The highest BCUT2D eigenvalue weighted by molar-refractivity contribution is 5.65. The molecule has 0 unspecified atom stereocenters. The number of rotatable bonds is 2. The molecule has 8 heteroatoms. The standard InChI is InChI=1S/C12H6F2N4O2/c13-12(14)19-9-2-1-8(5-10(9)20-12)17-11-7(6-15)3-4-16-18-11/h1-5H,(H,17,18). The maximum atomic E-state index is 12.9. The van der Waals surface area contributed by atoms with E-state index in [-0.39, 0.29) is 22.9 Å². The summed E-state index contributed by atoms with van der Waals surface area (Å²) >= 11 is 0. The highest BCUT2D eigenvalue weighted by Gasteiger charge is 2.43. The van der Waals surface area contributed by atoms with Gasteiger partial charge in [-0.2, -0.15) is 10.4 Å². The van der Waals surface area contributed by atoms with E-state index in [1.165, 1.54) is 30.5 Å². The topological polar surface area (TPSA) is 80.1 Å². The molecule has 0 radical (unpaired) electrons. The number of nitrogens with zero attached hydrogens (tertiary/aromatic N) is 3.